The molecule has 0 saturated carbocycles. The van der Waals surface area contributed by atoms with Crippen molar-refractivity contribution in [3.8, 4) is 0 Å². The maximum atomic E-state index is 4.58. The average Bonchev–Trinajstić information content (AvgIpc) is 3.19. The number of aromatic nitrogens is 6. The molecule has 4 aromatic rings. The summed E-state index contributed by atoms with van der Waals surface area (Å²) in [5.74, 6) is 1.72. The topological polar surface area (TPSA) is 75.9 Å². The minimum atomic E-state index is 0.673. The van der Waals surface area contributed by atoms with Crippen molar-refractivity contribution in [1.29, 1.82) is 0 Å². The van der Waals surface area contributed by atoms with Crippen LogP contribution in [0.4, 0.5) is 11.8 Å². The zero-order valence-electron chi connectivity index (χ0n) is 15.7. The third-order valence-electron chi connectivity index (χ3n) is 5.07. The highest BCUT2D eigenvalue weighted by Gasteiger charge is 2.22. The van der Waals surface area contributed by atoms with E-state index in [4.69, 9.17) is 0 Å². The lowest BCUT2D eigenvalue weighted by atomic mass is 10.2. The number of piperazine rings is 1. The van der Waals surface area contributed by atoms with Crippen molar-refractivity contribution in [2.75, 3.05) is 36.0 Å². The van der Waals surface area contributed by atoms with Gasteiger partial charge in [-0.2, -0.15) is 5.10 Å². The highest BCUT2D eigenvalue weighted by molar-refractivity contribution is 9.10. The van der Waals surface area contributed by atoms with Gasteiger partial charge < -0.3 is 9.80 Å². The van der Waals surface area contributed by atoms with Crippen LogP contribution in [0.25, 0.3) is 11.0 Å². The Morgan fingerprint density at radius 2 is 1.59 bits per heavy atom. The van der Waals surface area contributed by atoms with Crippen LogP contribution in [0.1, 0.15) is 5.56 Å². The molecule has 146 valence electrons. The minimum Gasteiger partial charge on any atom is -0.352 e. The lowest BCUT2D eigenvalue weighted by Gasteiger charge is -2.35. The summed E-state index contributed by atoms with van der Waals surface area (Å²) >= 11 is 3.48. The highest BCUT2D eigenvalue weighted by atomic mass is 79.9. The Balaban J connectivity index is 1.36. The smallest absolute Gasteiger partial charge is 0.225 e. The summed E-state index contributed by atoms with van der Waals surface area (Å²) in [7, 11) is 0. The Kier molecular flexibility index (Phi) is 4.81. The van der Waals surface area contributed by atoms with Gasteiger partial charge in [0.1, 0.15) is 12.1 Å². The van der Waals surface area contributed by atoms with E-state index in [0.717, 1.165) is 53.5 Å². The van der Waals surface area contributed by atoms with Crippen molar-refractivity contribution in [2.24, 2.45) is 0 Å². The van der Waals surface area contributed by atoms with Crippen molar-refractivity contribution in [2.45, 2.75) is 6.54 Å². The molecule has 1 aliphatic rings. The van der Waals surface area contributed by atoms with Crippen molar-refractivity contribution in [3.05, 3.63) is 65.3 Å². The molecule has 0 radical (unpaired) electrons. The van der Waals surface area contributed by atoms with Gasteiger partial charge in [-0.25, -0.2) is 24.6 Å². The third-order valence-corrected chi connectivity index (χ3v) is 5.60. The molecular formula is C20H19BrN8. The number of rotatable bonds is 4. The van der Waals surface area contributed by atoms with Crippen molar-refractivity contribution < 1.29 is 0 Å². The van der Waals surface area contributed by atoms with Gasteiger partial charge in [0, 0.05) is 43.0 Å². The second-order valence-electron chi connectivity index (χ2n) is 6.89. The van der Waals surface area contributed by atoms with Crippen LogP contribution < -0.4 is 9.80 Å². The van der Waals surface area contributed by atoms with Gasteiger partial charge in [-0.05, 0) is 23.8 Å². The molecule has 9 heteroatoms. The minimum absolute atomic E-state index is 0.673. The molecule has 4 heterocycles. The quantitative estimate of drug-likeness (QED) is 0.472. The summed E-state index contributed by atoms with van der Waals surface area (Å²) in [6.45, 7) is 4.07. The monoisotopic (exact) mass is 450 g/mol. The average molecular weight is 451 g/mol. The van der Waals surface area contributed by atoms with E-state index in [2.05, 4.69) is 62.9 Å². The lowest BCUT2D eigenvalue weighted by Crippen LogP contribution is -2.47. The zero-order valence-corrected chi connectivity index (χ0v) is 17.3. The largest absolute Gasteiger partial charge is 0.352 e. The highest BCUT2D eigenvalue weighted by Crippen LogP contribution is 2.25. The molecule has 0 bridgehead atoms. The van der Waals surface area contributed by atoms with Crippen molar-refractivity contribution in [1.82, 2.24) is 29.7 Å². The van der Waals surface area contributed by atoms with E-state index in [1.807, 2.05) is 29.1 Å². The standard InChI is InChI=1S/C20H19BrN8/c21-16-4-2-15(3-5-16)13-29-19-17(12-26-29)18(24-14-25-19)27-8-10-28(11-9-27)20-22-6-1-7-23-20/h1-7,12,14H,8-11,13H2. The number of halogens is 1. The maximum Gasteiger partial charge on any atom is 0.225 e. The van der Waals surface area contributed by atoms with E-state index >= 15 is 0 Å². The van der Waals surface area contributed by atoms with Gasteiger partial charge >= 0.3 is 0 Å². The van der Waals surface area contributed by atoms with Crippen LogP contribution in [-0.2, 0) is 6.54 Å². The molecule has 3 aromatic heterocycles. The second kappa shape index (κ2) is 7.75. The Morgan fingerprint density at radius 3 is 2.34 bits per heavy atom. The van der Waals surface area contributed by atoms with Crippen LogP contribution in [-0.4, -0.2) is 55.9 Å². The van der Waals surface area contributed by atoms with Crippen LogP contribution in [0.3, 0.4) is 0 Å². The first-order chi connectivity index (χ1) is 14.3. The first kappa shape index (κ1) is 18.0. The molecule has 0 N–H and O–H groups in total. The molecule has 0 aliphatic carbocycles. The summed E-state index contributed by atoms with van der Waals surface area (Å²) in [6.07, 6.45) is 7.06. The van der Waals surface area contributed by atoms with E-state index in [1.54, 1.807) is 18.7 Å². The predicted octanol–water partition coefficient (Wildman–Crippen LogP) is 2.75. The second-order valence-corrected chi connectivity index (χ2v) is 7.80. The Hall–Kier alpha value is -3.07. The van der Waals surface area contributed by atoms with Gasteiger partial charge in [-0.3, -0.25) is 0 Å². The van der Waals surface area contributed by atoms with Gasteiger partial charge in [-0.15, -0.1) is 0 Å². The summed E-state index contributed by atoms with van der Waals surface area (Å²) in [5, 5.41) is 5.56. The summed E-state index contributed by atoms with van der Waals surface area (Å²) in [4.78, 5) is 22.3. The van der Waals surface area contributed by atoms with Gasteiger partial charge in [0.15, 0.2) is 5.65 Å². The van der Waals surface area contributed by atoms with E-state index in [0.29, 0.717) is 6.54 Å². The molecule has 0 unspecified atom stereocenters. The first-order valence-electron chi connectivity index (χ1n) is 9.46. The lowest BCUT2D eigenvalue weighted by molar-refractivity contribution is 0.635. The summed E-state index contributed by atoms with van der Waals surface area (Å²) in [5.41, 5.74) is 2.03. The Bertz CT molecular complexity index is 1100. The molecule has 5 rings (SSSR count). The molecule has 8 nitrogen and oxygen atoms in total. The number of hydrogen-bond donors (Lipinski definition) is 0. The SMILES string of the molecule is Brc1ccc(Cn2ncc3c(N4CCN(c5ncccn5)CC4)ncnc32)cc1. The molecule has 1 fully saturated rings. The van der Waals surface area contributed by atoms with E-state index in [1.165, 1.54) is 5.56 Å². The van der Waals surface area contributed by atoms with Gasteiger partial charge in [0.25, 0.3) is 0 Å². The van der Waals surface area contributed by atoms with Crippen molar-refractivity contribution >= 4 is 38.7 Å². The van der Waals surface area contributed by atoms with Crippen molar-refractivity contribution in [3.63, 3.8) is 0 Å². The summed E-state index contributed by atoms with van der Waals surface area (Å²) in [6, 6.07) is 10.1. The molecule has 1 aromatic carbocycles. The number of hydrogen-bond acceptors (Lipinski definition) is 7. The summed E-state index contributed by atoms with van der Waals surface area (Å²) < 4.78 is 2.99. The van der Waals surface area contributed by atoms with Crippen LogP contribution >= 0.6 is 15.9 Å². The molecule has 1 saturated heterocycles. The Labute approximate surface area is 176 Å². The zero-order chi connectivity index (χ0) is 19.6. The van der Waals surface area contributed by atoms with E-state index in [9.17, 15) is 0 Å². The first-order valence-corrected chi connectivity index (χ1v) is 10.2. The third kappa shape index (κ3) is 3.65. The van der Waals surface area contributed by atoms with E-state index < -0.39 is 0 Å². The number of nitrogens with zero attached hydrogens (tertiary/aromatic N) is 8. The van der Waals surface area contributed by atoms with Crippen LogP contribution in [0, 0.1) is 0 Å². The number of anilines is 2. The maximum absolute atomic E-state index is 4.58. The number of benzene rings is 1. The van der Waals surface area contributed by atoms with Crippen LogP contribution in [0.2, 0.25) is 0 Å². The van der Waals surface area contributed by atoms with Crippen LogP contribution in [0.15, 0.2) is 59.7 Å². The molecule has 29 heavy (non-hydrogen) atoms. The molecular weight excluding hydrogens is 432 g/mol. The Morgan fingerprint density at radius 1 is 0.862 bits per heavy atom. The molecule has 1 aliphatic heterocycles. The molecule has 0 amide bonds. The fraction of sp³-hybridized carbons (Fsp3) is 0.250. The molecule has 0 atom stereocenters. The predicted molar refractivity (Wildman–Crippen MR) is 115 cm³/mol. The fourth-order valence-corrected chi connectivity index (χ4v) is 3.85. The van der Waals surface area contributed by atoms with Gasteiger partial charge in [-0.1, -0.05) is 28.1 Å². The fourth-order valence-electron chi connectivity index (χ4n) is 3.58. The normalized spacial score (nSPS) is 14.5. The molecule has 0 spiro atoms. The van der Waals surface area contributed by atoms with Gasteiger partial charge in [0.05, 0.1) is 18.1 Å². The van der Waals surface area contributed by atoms with Gasteiger partial charge in [0.2, 0.25) is 5.95 Å². The number of fused-ring (bicyclic) bond motifs is 1. The van der Waals surface area contributed by atoms with Crippen LogP contribution in [0.5, 0.6) is 0 Å². The van der Waals surface area contributed by atoms with E-state index in [-0.39, 0.29) is 0 Å².